The Kier molecular flexibility index (Phi) is 4.96. The number of ether oxygens (including phenoxy) is 1. The van der Waals surface area contributed by atoms with Gasteiger partial charge in [-0.05, 0) is 60.7 Å². The van der Waals surface area contributed by atoms with Gasteiger partial charge in [0.15, 0.2) is 0 Å². The molecule has 0 aliphatic rings. The van der Waals surface area contributed by atoms with Gasteiger partial charge in [-0.3, -0.25) is 4.79 Å². The third-order valence-corrected chi connectivity index (χ3v) is 4.62. The van der Waals surface area contributed by atoms with Crippen LogP contribution >= 0.6 is 11.3 Å². The number of anilines is 1. The third-order valence-electron chi connectivity index (χ3n) is 3.75. The van der Waals surface area contributed by atoms with Crippen LogP contribution in [0.2, 0.25) is 0 Å². The summed E-state index contributed by atoms with van der Waals surface area (Å²) in [4.78, 5) is 13.1. The van der Waals surface area contributed by atoms with E-state index in [9.17, 15) is 4.79 Å². The highest BCUT2D eigenvalue weighted by molar-refractivity contribution is 7.10. The molecule has 1 aromatic heterocycles. The van der Waals surface area contributed by atoms with Crippen molar-refractivity contribution in [1.29, 1.82) is 0 Å². The average molecular weight is 337 g/mol. The molecule has 0 saturated heterocycles. The second-order valence-corrected chi connectivity index (χ2v) is 6.71. The van der Waals surface area contributed by atoms with Crippen LogP contribution < -0.4 is 10.1 Å². The summed E-state index contributed by atoms with van der Waals surface area (Å²) < 4.78 is 5.89. The summed E-state index contributed by atoms with van der Waals surface area (Å²) in [5.74, 6) is 1.47. The van der Waals surface area contributed by atoms with Crippen molar-refractivity contribution >= 4 is 22.9 Å². The average Bonchev–Trinajstić information content (AvgIpc) is 3.04. The molecule has 0 saturated carbocycles. The van der Waals surface area contributed by atoms with Crippen molar-refractivity contribution in [3.8, 4) is 11.5 Å². The van der Waals surface area contributed by atoms with Crippen molar-refractivity contribution < 1.29 is 9.53 Å². The zero-order valence-electron chi connectivity index (χ0n) is 13.7. The Bertz CT molecular complexity index is 841. The molecule has 0 radical (unpaired) electrons. The first-order valence-electron chi connectivity index (χ1n) is 7.77. The zero-order chi connectivity index (χ0) is 16.9. The number of hydrogen-bond donors (Lipinski definition) is 1. The molecule has 0 atom stereocenters. The van der Waals surface area contributed by atoms with Crippen molar-refractivity contribution in [2.75, 3.05) is 5.32 Å². The number of carbonyl (C=O) groups is 1. The Morgan fingerprint density at radius 2 is 1.83 bits per heavy atom. The Balaban J connectivity index is 1.67. The number of hydrogen-bond acceptors (Lipinski definition) is 3. The lowest BCUT2D eigenvalue weighted by molar-refractivity contribution is -0.115. The topological polar surface area (TPSA) is 38.3 Å². The minimum atomic E-state index is -0.0271. The van der Waals surface area contributed by atoms with Crippen molar-refractivity contribution in [1.82, 2.24) is 0 Å². The monoisotopic (exact) mass is 337 g/mol. The van der Waals surface area contributed by atoms with E-state index >= 15 is 0 Å². The lowest BCUT2D eigenvalue weighted by atomic mass is 10.1. The predicted molar refractivity (Wildman–Crippen MR) is 99.1 cm³/mol. The molecule has 3 aromatic rings. The maximum absolute atomic E-state index is 12.1. The molecule has 0 bridgehead atoms. The van der Waals surface area contributed by atoms with Crippen LogP contribution in [-0.2, 0) is 11.2 Å². The Morgan fingerprint density at radius 3 is 2.58 bits per heavy atom. The molecule has 4 heteroatoms. The van der Waals surface area contributed by atoms with Crippen LogP contribution in [0.5, 0.6) is 11.5 Å². The molecule has 1 heterocycles. The SMILES string of the molecule is Cc1ccc(Oc2cccc(NC(=O)Cc3cccs3)c2)cc1C. The lowest BCUT2D eigenvalue weighted by Crippen LogP contribution is -2.13. The largest absolute Gasteiger partial charge is 0.457 e. The smallest absolute Gasteiger partial charge is 0.229 e. The number of amides is 1. The minimum absolute atomic E-state index is 0.0271. The van der Waals surface area contributed by atoms with E-state index in [1.807, 2.05) is 60.0 Å². The van der Waals surface area contributed by atoms with Gasteiger partial charge in [0.2, 0.25) is 5.91 Å². The number of benzene rings is 2. The van der Waals surface area contributed by atoms with Crippen LogP contribution in [0.25, 0.3) is 0 Å². The molecule has 0 spiro atoms. The highest BCUT2D eigenvalue weighted by Crippen LogP contribution is 2.26. The predicted octanol–water partition coefficient (Wildman–Crippen LogP) is 5.34. The van der Waals surface area contributed by atoms with Gasteiger partial charge in [-0.2, -0.15) is 0 Å². The Hall–Kier alpha value is -2.59. The molecule has 3 nitrogen and oxygen atoms in total. The van der Waals surface area contributed by atoms with E-state index in [4.69, 9.17) is 4.74 Å². The summed E-state index contributed by atoms with van der Waals surface area (Å²) in [6.45, 7) is 4.13. The van der Waals surface area contributed by atoms with E-state index in [1.54, 1.807) is 11.3 Å². The molecule has 0 aliphatic heterocycles. The van der Waals surface area contributed by atoms with Crippen LogP contribution in [-0.4, -0.2) is 5.91 Å². The van der Waals surface area contributed by atoms with Gasteiger partial charge in [0.1, 0.15) is 11.5 Å². The highest BCUT2D eigenvalue weighted by atomic mass is 32.1. The summed E-state index contributed by atoms with van der Waals surface area (Å²) >= 11 is 1.58. The van der Waals surface area contributed by atoms with Crippen LogP contribution in [0.1, 0.15) is 16.0 Å². The van der Waals surface area contributed by atoms with E-state index in [1.165, 1.54) is 11.1 Å². The fraction of sp³-hybridized carbons (Fsp3) is 0.150. The quantitative estimate of drug-likeness (QED) is 0.682. The van der Waals surface area contributed by atoms with Crippen molar-refractivity contribution in [3.05, 3.63) is 76.0 Å². The lowest BCUT2D eigenvalue weighted by Gasteiger charge is -2.10. The van der Waals surface area contributed by atoms with Crippen molar-refractivity contribution in [3.63, 3.8) is 0 Å². The fourth-order valence-electron chi connectivity index (χ4n) is 2.33. The first kappa shape index (κ1) is 16.3. The first-order chi connectivity index (χ1) is 11.6. The molecule has 0 fully saturated rings. The van der Waals surface area contributed by atoms with E-state index in [0.29, 0.717) is 12.2 Å². The Labute approximate surface area is 145 Å². The van der Waals surface area contributed by atoms with Crippen molar-refractivity contribution in [2.45, 2.75) is 20.3 Å². The number of rotatable bonds is 5. The van der Waals surface area contributed by atoms with Gasteiger partial charge in [-0.25, -0.2) is 0 Å². The normalized spacial score (nSPS) is 10.4. The summed E-state index contributed by atoms with van der Waals surface area (Å²) in [6, 6.07) is 17.4. The zero-order valence-corrected chi connectivity index (χ0v) is 14.5. The second-order valence-electron chi connectivity index (χ2n) is 5.68. The molecule has 24 heavy (non-hydrogen) atoms. The molecule has 1 N–H and O–H groups in total. The number of thiophene rings is 1. The van der Waals surface area contributed by atoms with Gasteiger partial charge in [0.25, 0.3) is 0 Å². The molecule has 2 aromatic carbocycles. The summed E-state index contributed by atoms with van der Waals surface area (Å²) in [5.41, 5.74) is 3.16. The van der Waals surface area contributed by atoms with E-state index in [2.05, 4.69) is 19.2 Å². The second kappa shape index (κ2) is 7.32. The van der Waals surface area contributed by atoms with Crippen LogP contribution in [0.4, 0.5) is 5.69 Å². The Morgan fingerprint density at radius 1 is 1.00 bits per heavy atom. The van der Waals surface area contributed by atoms with Gasteiger partial charge in [0.05, 0.1) is 6.42 Å². The minimum Gasteiger partial charge on any atom is -0.457 e. The molecular formula is C20H19NO2S. The van der Waals surface area contributed by atoms with Gasteiger partial charge < -0.3 is 10.1 Å². The third kappa shape index (κ3) is 4.24. The summed E-state index contributed by atoms with van der Waals surface area (Å²) in [5, 5.41) is 4.89. The molecule has 0 aliphatic carbocycles. The molecule has 0 unspecified atom stereocenters. The molecule has 3 rings (SSSR count). The van der Waals surface area contributed by atoms with Gasteiger partial charge in [-0.15, -0.1) is 11.3 Å². The summed E-state index contributed by atoms with van der Waals surface area (Å²) in [6.07, 6.45) is 0.389. The standard InChI is InChI=1S/C20H19NO2S/c1-14-8-9-18(11-15(14)2)23-17-6-3-5-16(12-17)21-20(22)13-19-7-4-10-24-19/h3-12H,13H2,1-2H3,(H,21,22). The maximum atomic E-state index is 12.1. The van der Waals surface area contributed by atoms with Gasteiger partial charge in [-0.1, -0.05) is 18.2 Å². The van der Waals surface area contributed by atoms with Crippen LogP contribution in [0, 0.1) is 13.8 Å². The summed E-state index contributed by atoms with van der Waals surface area (Å²) in [7, 11) is 0. The van der Waals surface area contributed by atoms with Gasteiger partial charge in [0, 0.05) is 16.6 Å². The molecular weight excluding hydrogens is 318 g/mol. The van der Waals surface area contributed by atoms with Gasteiger partial charge >= 0.3 is 0 Å². The van der Waals surface area contributed by atoms with E-state index in [0.717, 1.165) is 16.3 Å². The van der Waals surface area contributed by atoms with E-state index < -0.39 is 0 Å². The fourth-order valence-corrected chi connectivity index (χ4v) is 3.03. The molecule has 122 valence electrons. The van der Waals surface area contributed by atoms with Crippen molar-refractivity contribution in [2.24, 2.45) is 0 Å². The maximum Gasteiger partial charge on any atom is 0.229 e. The number of nitrogens with one attached hydrogen (secondary N) is 1. The first-order valence-corrected chi connectivity index (χ1v) is 8.65. The van der Waals surface area contributed by atoms with E-state index in [-0.39, 0.29) is 5.91 Å². The van der Waals surface area contributed by atoms with Crippen LogP contribution in [0.15, 0.2) is 60.0 Å². The highest BCUT2D eigenvalue weighted by Gasteiger charge is 2.06. The number of aryl methyl sites for hydroxylation is 2. The number of carbonyl (C=O) groups excluding carboxylic acids is 1. The molecule has 1 amide bonds. The van der Waals surface area contributed by atoms with Crippen LogP contribution in [0.3, 0.4) is 0 Å².